The number of aromatic nitrogens is 3. The molecule has 0 aliphatic heterocycles. The number of hydrogen-bond donors (Lipinski definition) is 1. The minimum Gasteiger partial charge on any atom is -0.471 e. The molecular weight excluding hydrogens is 292 g/mol. The zero-order chi connectivity index (χ0) is 14.7. The van der Waals surface area contributed by atoms with Gasteiger partial charge in [0.15, 0.2) is 0 Å². The Labute approximate surface area is 121 Å². The van der Waals surface area contributed by atoms with Gasteiger partial charge in [-0.3, -0.25) is 4.72 Å². The van der Waals surface area contributed by atoms with E-state index in [1.54, 1.807) is 35.4 Å². The van der Waals surface area contributed by atoms with Crippen LogP contribution in [0.2, 0.25) is 0 Å². The first-order valence-electron chi connectivity index (χ1n) is 6.10. The van der Waals surface area contributed by atoms with E-state index in [1.807, 2.05) is 6.07 Å². The van der Waals surface area contributed by atoms with Gasteiger partial charge >= 0.3 is 0 Å². The van der Waals surface area contributed by atoms with Crippen LogP contribution >= 0.6 is 0 Å². The number of nitrogens with one attached hydrogen (secondary N) is 1. The SMILES string of the molecule is O=S(=O)(Nc1cccc(Cn2cnnc2)c1)c1ccoc1. The molecule has 3 aromatic rings. The number of anilines is 1. The van der Waals surface area contributed by atoms with Crippen molar-refractivity contribution in [3.63, 3.8) is 0 Å². The maximum Gasteiger partial charge on any atom is 0.265 e. The molecule has 0 atom stereocenters. The molecule has 0 aliphatic rings. The highest BCUT2D eigenvalue weighted by atomic mass is 32.2. The molecule has 7 nitrogen and oxygen atoms in total. The van der Waals surface area contributed by atoms with E-state index in [4.69, 9.17) is 4.42 Å². The number of benzene rings is 1. The van der Waals surface area contributed by atoms with Crippen LogP contribution in [0.3, 0.4) is 0 Å². The normalized spacial score (nSPS) is 11.4. The molecule has 8 heteroatoms. The van der Waals surface area contributed by atoms with Crippen molar-refractivity contribution in [1.82, 2.24) is 14.8 Å². The van der Waals surface area contributed by atoms with Crippen molar-refractivity contribution in [2.45, 2.75) is 11.4 Å². The summed E-state index contributed by atoms with van der Waals surface area (Å²) >= 11 is 0. The molecule has 21 heavy (non-hydrogen) atoms. The van der Waals surface area contributed by atoms with Gasteiger partial charge in [0.1, 0.15) is 23.8 Å². The summed E-state index contributed by atoms with van der Waals surface area (Å²) in [5, 5.41) is 7.45. The minimum atomic E-state index is -3.62. The minimum absolute atomic E-state index is 0.0895. The summed E-state index contributed by atoms with van der Waals surface area (Å²) in [6, 6.07) is 8.52. The topological polar surface area (TPSA) is 90.0 Å². The summed E-state index contributed by atoms with van der Waals surface area (Å²) in [5.41, 5.74) is 1.42. The number of hydrogen-bond acceptors (Lipinski definition) is 5. The Morgan fingerprint density at radius 2 is 2.00 bits per heavy atom. The van der Waals surface area contributed by atoms with E-state index < -0.39 is 10.0 Å². The van der Waals surface area contributed by atoms with E-state index in [0.717, 1.165) is 5.56 Å². The zero-order valence-electron chi connectivity index (χ0n) is 10.9. The van der Waals surface area contributed by atoms with Crippen LogP contribution in [0.1, 0.15) is 5.56 Å². The predicted octanol–water partition coefficient (Wildman–Crippen LogP) is 1.72. The Morgan fingerprint density at radius 1 is 1.19 bits per heavy atom. The van der Waals surface area contributed by atoms with Crippen LogP contribution in [-0.4, -0.2) is 23.2 Å². The largest absolute Gasteiger partial charge is 0.471 e. The van der Waals surface area contributed by atoms with Gasteiger partial charge in [-0.1, -0.05) is 12.1 Å². The summed E-state index contributed by atoms with van der Waals surface area (Å²) in [6.45, 7) is 0.564. The van der Waals surface area contributed by atoms with E-state index in [1.165, 1.54) is 18.6 Å². The molecule has 2 aromatic heterocycles. The van der Waals surface area contributed by atoms with Gasteiger partial charge in [0.2, 0.25) is 0 Å². The van der Waals surface area contributed by atoms with Crippen molar-refractivity contribution in [3.8, 4) is 0 Å². The second-order valence-corrected chi connectivity index (χ2v) is 6.08. The highest BCUT2D eigenvalue weighted by Gasteiger charge is 2.15. The van der Waals surface area contributed by atoms with E-state index in [9.17, 15) is 8.42 Å². The lowest BCUT2D eigenvalue weighted by Crippen LogP contribution is -2.12. The first-order valence-corrected chi connectivity index (χ1v) is 7.58. The quantitative estimate of drug-likeness (QED) is 0.775. The highest BCUT2D eigenvalue weighted by Crippen LogP contribution is 2.17. The maximum atomic E-state index is 12.1. The van der Waals surface area contributed by atoms with Crippen LogP contribution in [0.15, 0.2) is 64.8 Å². The molecule has 1 aromatic carbocycles. The third-order valence-electron chi connectivity index (χ3n) is 2.82. The molecule has 108 valence electrons. The van der Waals surface area contributed by atoms with Gasteiger partial charge in [-0.25, -0.2) is 8.42 Å². The molecule has 1 N–H and O–H groups in total. The molecule has 0 saturated carbocycles. The Balaban J connectivity index is 1.80. The van der Waals surface area contributed by atoms with Gasteiger partial charge < -0.3 is 8.98 Å². The Kier molecular flexibility index (Phi) is 3.44. The molecule has 3 rings (SSSR count). The number of furan rings is 1. The second kappa shape index (κ2) is 5.41. The number of rotatable bonds is 5. The van der Waals surface area contributed by atoms with Crippen molar-refractivity contribution >= 4 is 15.7 Å². The first kappa shape index (κ1) is 13.4. The summed E-state index contributed by atoms with van der Waals surface area (Å²) in [4.78, 5) is 0.0895. The lowest BCUT2D eigenvalue weighted by Gasteiger charge is -2.08. The molecule has 0 spiro atoms. The van der Waals surface area contributed by atoms with Gasteiger partial charge in [0.05, 0.1) is 12.8 Å². The predicted molar refractivity (Wildman–Crippen MR) is 75.1 cm³/mol. The van der Waals surface area contributed by atoms with Gasteiger partial charge in [0, 0.05) is 5.69 Å². The standard InChI is InChI=1S/C13H12N4O3S/c18-21(19,13-4-5-20-8-13)16-12-3-1-2-11(6-12)7-17-9-14-15-10-17/h1-6,8-10,16H,7H2. The average Bonchev–Trinajstić information content (AvgIpc) is 3.11. The fraction of sp³-hybridized carbons (Fsp3) is 0.0769. The van der Waals surface area contributed by atoms with Gasteiger partial charge in [0.25, 0.3) is 10.0 Å². The van der Waals surface area contributed by atoms with Crippen LogP contribution in [0.25, 0.3) is 0 Å². The second-order valence-electron chi connectivity index (χ2n) is 4.40. The number of sulfonamides is 1. The molecule has 0 unspecified atom stereocenters. The summed E-state index contributed by atoms with van der Waals surface area (Å²) in [7, 11) is -3.62. The van der Waals surface area contributed by atoms with Crippen LogP contribution < -0.4 is 4.72 Å². The zero-order valence-corrected chi connectivity index (χ0v) is 11.7. The summed E-state index contributed by atoms with van der Waals surface area (Å²) in [6.07, 6.45) is 5.70. The average molecular weight is 304 g/mol. The molecule has 0 bridgehead atoms. The van der Waals surface area contributed by atoms with E-state index in [0.29, 0.717) is 12.2 Å². The molecule has 0 aliphatic carbocycles. The third-order valence-corrected chi connectivity index (χ3v) is 4.17. The van der Waals surface area contributed by atoms with Gasteiger partial charge in [-0.05, 0) is 23.8 Å². The first-order chi connectivity index (χ1) is 10.1. The maximum absolute atomic E-state index is 12.1. The number of nitrogens with zero attached hydrogens (tertiary/aromatic N) is 3. The van der Waals surface area contributed by atoms with E-state index in [-0.39, 0.29) is 4.90 Å². The fourth-order valence-corrected chi connectivity index (χ4v) is 2.84. The Bertz CT molecular complexity index is 811. The van der Waals surface area contributed by atoms with Gasteiger partial charge in [-0.15, -0.1) is 10.2 Å². The Morgan fingerprint density at radius 3 is 2.71 bits per heavy atom. The highest BCUT2D eigenvalue weighted by molar-refractivity contribution is 7.92. The van der Waals surface area contributed by atoms with Crippen molar-refractivity contribution in [3.05, 3.63) is 61.1 Å². The van der Waals surface area contributed by atoms with Crippen molar-refractivity contribution in [1.29, 1.82) is 0 Å². The van der Waals surface area contributed by atoms with Gasteiger partial charge in [-0.2, -0.15) is 0 Å². The Hall–Kier alpha value is -2.61. The molecule has 0 radical (unpaired) electrons. The lowest BCUT2D eigenvalue weighted by molar-refractivity contribution is 0.557. The monoisotopic (exact) mass is 304 g/mol. The molecule has 2 heterocycles. The summed E-state index contributed by atoms with van der Waals surface area (Å²) < 4.78 is 33.3. The van der Waals surface area contributed by atoms with Crippen LogP contribution in [0.4, 0.5) is 5.69 Å². The molecular formula is C13H12N4O3S. The lowest BCUT2D eigenvalue weighted by atomic mass is 10.2. The summed E-state index contributed by atoms with van der Waals surface area (Å²) in [5.74, 6) is 0. The van der Waals surface area contributed by atoms with Crippen molar-refractivity contribution < 1.29 is 12.8 Å². The molecule has 0 saturated heterocycles. The molecule has 0 amide bonds. The van der Waals surface area contributed by atoms with Crippen molar-refractivity contribution in [2.75, 3.05) is 4.72 Å². The van der Waals surface area contributed by atoms with Crippen LogP contribution in [-0.2, 0) is 16.6 Å². The van der Waals surface area contributed by atoms with E-state index in [2.05, 4.69) is 14.9 Å². The van der Waals surface area contributed by atoms with E-state index >= 15 is 0 Å². The molecule has 0 fully saturated rings. The third kappa shape index (κ3) is 3.11. The van der Waals surface area contributed by atoms with Crippen LogP contribution in [0.5, 0.6) is 0 Å². The fourth-order valence-electron chi connectivity index (χ4n) is 1.87. The van der Waals surface area contributed by atoms with Crippen LogP contribution in [0, 0.1) is 0 Å². The smallest absolute Gasteiger partial charge is 0.265 e. The van der Waals surface area contributed by atoms with Crippen molar-refractivity contribution in [2.24, 2.45) is 0 Å².